The van der Waals surface area contributed by atoms with E-state index < -0.39 is 27.8 Å². The third kappa shape index (κ3) is 4.80. The maximum atomic E-state index is 13.4. The number of sulfonamides is 1. The van der Waals surface area contributed by atoms with Crippen LogP contribution in [0.25, 0.3) is 0 Å². The lowest BCUT2D eigenvalue weighted by atomic mass is 10.0. The van der Waals surface area contributed by atoms with Gasteiger partial charge in [0, 0.05) is 31.5 Å². The van der Waals surface area contributed by atoms with Crippen molar-refractivity contribution in [3.63, 3.8) is 0 Å². The fourth-order valence-electron chi connectivity index (χ4n) is 3.38. The second-order valence-corrected chi connectivity index (χ2v) is 8.82. The van der Waals surface area contributed by atoms with Gasteiger partial charge in [-0.1, -0.05) is 18.2 Å². The van der Waals surface area contributed by atoms with Gasteiger partial charge in [0.05, 0.1) is 18.0 Å². The number of carbonyl (C=O) groups is 2. The first-order valence-corrected chi connectivity index (χ1v) is 11.0. The van der Waals surface area contributed by atoms with Gasteiger partial charge in [-0.3, -0.25) is 4.79 Å². The van der Waals surface area contributed by atoms with E-state index in [0.29, 0.717) is 29.8 Å². The monoisotopic (exact) mass is 436 g/mol. The van der Waals surface area contributed by atoms with Crippen molar-refractivity contribution in [2.75, 3.05) is 27.4 Å². The molecule has 0 saturated carbocycles. The molecule has 0 fully saturated rings. The van der Waals surface area contributed by atoms with E-state index in [9.17, 15) is 18.0 Å². The van der Waals surface area contributed by atoms with Crippen molar-refractivity contribution in [2.24, 2.45) is 0 Å². The Labute approximate surface area is 177 Å². The molecule has 0 radical (unpaired) electrons. The highest BCUT2D eigenvalue weighted by atomic mass is 32.2. The van der Waals surface area contributed by atoms with Gasteiger partial charge in [-0.15, -0.1) is 0 Å². The number of aryl methyl sites for hydroxylation is 1. The molecule has 0 aliphatic heterocycles. The summed E-state index contributed by atoms with van der Waals surface area (Å²) in [6.07, 6.45) is 0.429. The number of ether oxygens (including phenoxy) is 2. The molecule has 1 N–H and O–H groups in total. The van der Waals surface area contributed by atoms with Gasteiger partial charge in [-0.25, -0.2) is 13.2 Å². The van der Waals surface area contributed by atoms with Crippen molar-refractivity contribution >= 4 is 21.8 Å². The molecule has 2 aromatic rings. The van der Waals surface area contributed by atoms with E-state index in [4.69, 9.17) is 9.47 Å². The highest BCUT2D eigenvalue weighted by Gasteiger charge is 2.35. The van der Waals surface area contributed by atoms with Crippen LogP contribution in [0.5, 0.6) is 0 Å². The van der Waals surface area contributed by atoms with Gasteiger partial charge in [0.2, 0.25) is 10.0 Å². The van der Waals surface area contributed by atoms with Gasteiger partial charge in [-0.2, -0.15) is 4.31 Å². The predicted molar refractivity (Wildman–Crippen MR) is 112 cm³/mol. The third-order valence-corrected chi connectivity index (χ3v) is 6.95. The fourth-order valence-corrected chi connectivity index (χ4v) is 5.03. The summed E-state index contributed by atoms with van der Waals surface area (Å²) in [5.74, 6) is -0.982. The molecule has 30 heavy (non-hydrogen) atoms. The first kappa shape index (κ1) is 23.8. The van der Waals surface area contributed by atoms with Crippen molar-refractivity contribution in [3.05, 3.63) is 52.8 Å². The quantitative estimate of drug-likeness (QED) is 0.349. The average Bonchev–Trinajstić information content (AvgIpc) is 3.04. The second-order valence-electron chi connectivity index (χ2n) is 6.93. The molecule has 1 atom stereocenters. The lowest BCUT2D eigenvalue weighted by molar-refractivity contribution is 0.0593. The summed E-state index contributed by atoms with van der Waals surface area (Å²) in [6, 6.07) is 7.01. The number of aromatic amines is 1. The first-order valence-electron chi connectivity index (χ1n) is 9.54. The van der Waals surface area contributed by atoms with Crippen LogP contribution in [0.1, 0.15) is 45.4 Å². The summed E-state index contributed by atoms with van der Waals surface area (Å²) in [5.41, 5.74) is 1.40. The van der Waals surface area contributed by atoms with E-state index in [0.717, 1.165) is 0 Å². The van der Waals surface area contributed by atoms with Crippen molar-refractivity contribution in [1.29, 1.82) is 0 Å². The number of ketones is 1. The number of hydrogen-bond acceptors (Lipinski definition) is 6. The predicted octanol–water partition coefficient (Wildman–Crippen LogP) is 2.72. The molecule has 0 aliphatic carbocycles. The lowest BCUT2D eigenvalue weighted by Gasteiger charge is -2.27. The molecule has 1 aromatic carbocycles. The number of benzene rings is 1. The van der Waals surface area contributed by atoms with E-state index in [1.54, 1.807) is 39.0 Å². The summed E-state index contributed by atoms with van der Waals surface area (Å²) < 4.78 is 37.6. The van der Waals surface area contributed by atoms with Gasteiger partial charge in [0.15, 0.2) is 5.78 Å². The van der Waals surface area contributed by atoms with Crippen LogP contribution in [0.2, 0.25) is 0 Å². The number of H-pyrrole nitrogens is 1. The van der Waals surface area contributed by atoms with Crippen LogP contribution >= 0.6 is 0 Å². The number of nitrogens with one attached hydrogen (secondary N) is 1. The molecule has 0 aliphatic rings. The number of esters is 1. The van der Waals surface area contributed by atoms with Crippen molar-refractivity contribution in [1.82, 2.24) is 9.29 Å². The van der Waals surface area contributed by atoms with Gasteiger partial charge in [0.1, 0.15) is 5.69 Å². The molecule has 0 spiro atoms. The summed E-state index contributed by atoms with van der Waals surface area (Å²) in [5, 5.41) is 0. The number of rotatable bonds is 10. The summed E-state index contributed by atoms with van der Waals surface area (Å²) in [7, 11) is -1.13. The van der Waals surface area contributed by atoms with Crippen LogP contribution in [0, 0.1) is 13.8 Å². The van der Waals surface area contributed by atoms with E-state index >= 15 is 0 Å². The second kappa shape index (κ2) is 10.0. The minimum atomic E-state index is -3.92. The van der Waals surface area contributed by atoms with Gasteiger partial charge in [0.25, 0.3) is 0 Å². The van der Waals surface area contributed by atoms with Crippen LogP contribution < -0.4 is 0 Å². The minimum Gasteiger partial charge on any atom is -0.464 e. The normalized spacial score (nSPS) is 12.7. The Balaban J connectivity index is 2.46. The number of nitrogens with zero attached hydrogens (tertiary/aromatic N) is 1. The zero-order valence-electron chi connectivity index (χ0n) is 17.9. The number of methoxy groups -OCH3 is 2. The highest BCUT2D eigenvalue weighted by Crippen LogP contribution is 2.25. The Bertz CT molecular complexity index is 998. The molecular weight excluding hydrogens is 408 g/mol. The topological polar surface area (TPSA) is 106 Å². The van der Waals surface area contributed by atoms with Gasteiger partial charge < -0.3 is 14.5 Å². The number of carbonyl (C=O) groups excluding carboxylic acids is 2. The van der Waals surface area contributed by atoms with Crippen molar-refractivity contribution < 1.29 is 27.5 Å². The zero-order valence-corrected chi connectivity index (χ0v) is 18.7. The lowest BCUT2D eigenvalue weighted by Crippen LogP contribution is -2.44. The Morgan fingerprint density at radius 1 is 1.13 bits per heavy atom. The molecule has 9 heteroatoms. The molecule has 0 amide bonds. The highest BCUT2D eigenvalue weighted by molar-refractivity contribution is 7.89. The number of hydrogen-bond donors (Lipinski definition) is 1. The Morgan fingerprint density at radius 2 is 1.77 bits per heavy atom. The SMILES string of the molecule is COCCCN(C(C)C(=O)c1c(C)[nH]c(C(=O)OC)c1C)S(=O)(=O)c1ccccc1. The number of Topliss-reactive ketones (excluding diaryl/α,β-unsaturated/α-hetero) is 1. The molecule has 1 unspecified atom stereocenters. The molecule has 2 rings (SSSR count). The van der Waals surface area contributed by atoms with Crippen LogP contribution in [0.15, 0.2) is 35.2 Å². The largest absolute Gasteiger partial charge is 0.464 e. The molecule has 0 bridgehead atoms. The summed E-state index contributed by atoms with van der Waals surface area (Å²) >= 11 is 0. The van der Waals surface area contributed by atoms with E-state index in [2.05, 4.69) is 4.98 Å². The zero-order chi connectivity index (χ0) is 22.5. The van der Waals surface area contributed by atoms with Gasteiger partial charge >= 0.3 is 5.97 Å². The summed E-state index contributed by atoms with van der Waals surface area (Å²) in [6.45, 7) is 5.33. The molecule has 164 valence electrons. The standard InChI is InChI=1S/C21H28N2O6S/c1-14-18(15(2)22-19(14)21(25)29-5)20(24)16(3)23(12-9-13-28-4)30(26,27)17-10-7-6-8-11-17/h6-8,10-11,16,22H,9,12-13H2,1-5H3. The molecule has 1 aromatic heterocycles. The Hall–Kier alpha value is -2.49. The summed E-state index contributed by atoms with van der Waals surface area (Å²) in [4.78, 5) is 28.3. The van der Waals surface area contributed by atoms with E-state index in [1.165, 1.54) is 30.7 Å². The van der Waals surface area contributed by atoms with E-state index in [-0.39, 0.29) is 17.1 Å². The van der Waals surface area contributed by atoms with Crippen LogP contribution in [-0.4, -0.2) is 62.9 Å². The maximum Gasteiger partial charge on any atom is 0.354 e. The fraction of sp³-hybridized carbons (Fsp3) is 0.429. The molecule has 8 nitrogen and oxygen atoms in total. The molecule has 0 saturated heterocycles. The van der Waals surface area contributed by atoms with Crippen LogP contribution in [0.3, 0.4) is 0 Å². The minimum absolute atomic E-state index is 0.111. The Kier molecular flexibility index (Phi) is 7.94. The molecule has 1 heterocycles. The average molecular weight is 437 g/mol. The number of aromatic nitrogens is 1. The van der Waals surface area contributed by atoms with E-state index in [1.807, 2.05) is 0 Å². The van der Waals surface area contributed by atoms with Gasteiger partial charge in [-0.05, 0) is 44.9 Å². The van der Waals surface area contributed by atoms with Crippen LogP contribution in [-0.2, 0) is 19.5 Å². The molecular formula is C21H28N2O6S. The third-order valence-electron chi connectivity index (χ3n) is 4.96. The first-order chi connectivity index (χ1) is 14.2. The van der Waals surface area contributed by atoms with Crippen LogP contribution in [0.4, 0.5) is 0 Å². The van der Waals surface area contributed by atoms with Crippen molar-refractivity contribution in [3.8, 4) is 0 Å². The Morgan fingerprint density at radius 3 is 2.33 bits per heavy atom. The van der Waals surface area contributed by atoms with Crippen molar-refractivity contribution in [2.45, 2.75) is 38.1 Å². The smallest absolute Gasteiger partial charge is 0.354 e. The maximum absolute atomic E-state index is 13.4.